The molecule has 0 saturated carbocycles. The van der Waals surface area contributed by atoms with Crippen LogP contribution in [0.1, 0.15) is 49.9 Å². The minimum Gasteiger partial charge on any atom is -0.456 e. The van der Waals surface area contributed by atoms with Crippen LogP contribution in [0.3, 0.4) is 0 Å². The molecule has 2 aliphatic rings. The van der Waals surface area contributed by atoms with Crippen molar-refractivity contribution in [1.29, 1.82) is 0 Å². The number of benzene rings is 9. The van der Waals surface area contributed by atoms with Crippen molar-refractivity contribution in [2.24, 2.45) is 0 Å². The van der Waals surface area contributed by atoms with Crippen LogP contribution in [0.5, 0.6) is 0 Å². The van der Waals surface area contributed by atoms with Crippen molar-refractivity contribution in [3.8, 4) is 55.6 Å². The van der Waals surface area contributed by atoms with Crippen molar-refractivity contribution in [2.75, 3.05) is 4.90 Å². The first kappa shape index (κ1) is 36.4. The van der Waals surface area contributed by atoms with Gasteiger partial charge in [0.25, 0.3) is 0 Å². The molecule has 2 aliphatic carbocycles. The van der Waals surface area contributed by atoms with E-state index in [4.69, 9.17) is 4.42 Å². The molecule has 12 rings (SSSR count). The molecule has 0 bridgehead atoms. The van der Waals surface area contributed by atoms with Crippen molar-refractivity contribution in [3.63, 3.8) is 0 Å². The van der Waals surface area contributed by atoms with Crippen LogP contribution in [0.2, 0.25) is 0 Å². The van der Waals surface area contributed by atoms with Crippen molar-refractivity contribution >= 4 is 39.0 Å². The molecule has 2 heteroatoms. The van der Waals surface area contributed by atoms with Gasteiger partial charge in [0.1, 0.15) is 11.2 Å². The summed E-state index contributed by atoms with van der Waals surface area (Å²) >= 11 is 0. The Hall–Kier alpha value is -7.42. The summed E-state index contributed by atoms with van der Waals surface area (Å²) in [5.41, 5.74) is 23.0. The Bertz CT molecular complexity index is 3370. The van der Waals surface area contributed by atoms with Gasteiger partial charge in [0.05, 0.1) is 0 Å². The molecular formula is C60H45NO. The number of para-hydroxylation sites is 1. The molecule has 1 aromatic heterocycles. The van der Waals surface area contributed by atoms with Gasteiger partial charge in [0.2, 0.25) is 0 Å². The number of hydrogen-bond donors (Lipinski definition) is 0. The van der Waals surface area contributed by atoms with E-state index in [0.717, 1.165) is 33.6 Å². The van der Waals surface area contributed by atoms with E-state index in [9.17, 15) is 0 Å². The number of rotatable bonds is 6. The average molecular weight is 796 g/mol. The fourth-order valence-corrected chi connectivity index (χ4v) is 10.5. The van der Waals surface area contributed by atoms with Gasteiger partial charge in [-0.2, -0.15) is 0 Å². The maximum absolute atomic E-state index is 6.34. The fourth-order valence-electron chi connectivity index (χ4n) is 10.5. The largest absolute Gasteiger partial charge is 0.456 e. The van der Waals surface area contributed by atoms with Crippen LogP contribution in [0.4, 0.5) is 17.1 Å². The van der Waals surface area contributed by atoms with Crippen molar-refractivity contribution < 1.29 is 4.42 Å². The van der Waals surface area contributed by atoms with Gasteiger partial charge in [-0.3, -0.25) is 0 Å². The van der Waals surface area contributed by atoms with Crippen LogP contribution >= 0.6 is 0 Å². The Labute approximate surface area is 363 Å². The molecule has 0 spiro atoms. The second kappa shape index (κ2) is 13.5. The summed E-state index contributed by atoms with van der Waals surface area (Å²) < 4.78 is 6.34. The number of hydrogen-bond acceptors (Lipinski definition) is 2. The second-order valence-electron chi connectivity index (χ2n) is 18.2. The molecule has 0 atom stereocenters. The van der Waals surface area contributed by atoms with Crippen LogP contribution in [-0.4, -0.2) is 0 Å². The monoisotopic (exact) mass is 795 g/mol. The molecule has 0 fully saturated rings. The van der Waals surface area contributed by atoms with Crippen LogP contribution < -0.4 is 4.90 Å². The Morgan fingerprint density at radius 3 is 1.45 bits per heavy atom. The molecule has 296 valence electrons. The van der Waals surface area contributed by atoms with E-state index in [0.29, 0.717) is 0 Å². The van der Waals surface area contributed by atoms with Crippen LogP contribution in [-0.2, 0) is 10.8 Å². The summed E-state index contributed by atoms with van der Waals surface area (Å²) in [7, 11) is 0. The highest BCUT2D eigenvalue weighted by Crippen LogP contribution is 2.52. The second-order valence-corrected chi connectivity index (χ2v) is 18.2. The van der Waals surface area contributed by atoms with Gasteiger partial charge in [-0.25, -0.2) is 0 Å². The zero-order valence-corrected chi connectivity index (χ0v) is 35.4. The average Bonchev–Trinajstić information content (AvgIpc) is 3.88. The SMILES string of the molecule is CC1(C)c2ccccc2-c2ccc(-c3ccc(N(c4ccc(-c5ccccc5)cc4)c4ccc(-c5ccc6c(c5)-c5cc7c(cc5C6(C)C)oc5ccccc57)cc4)cc3)cc21. The summed E-state index contributed by atoms with van der Waals surface area (Å²) in [6, 6.07) is 73.6. The quantitative estimate of drug-likeness (QED) is 0.167. The third-order valence-corrected chi connectivity index (χ3v) is 13.9. The normalized spacial score (nSPS) is 14.1. The molecule has 0 N–H and O–H groups in total. The van der Waals surface area contributed by atoms with Crippen LogP contribution in [0.25, 0.3) is 77.6 Å². The van der Waals surface area contributed by atoms with Gasteiger partial charge in [-0.1, -0.05) is 161 Å². The van der Waals surface area contributed by atoms with Gasteiger partial charge in [-0.05, 0) is 145 Å². The predicted octanol–water partition coefficient (Wildman–Crippen LogP) is 16.7. The van der Waals surface area contributed by atoms with E-state index in [2.05, 4.69) is 227 Å². The van der Waals surface area contributed by atoms with Gasteiger partial charge < -0.3 is 9.32 Å². The summed E-state index contributed by atoms with van der Waals surface area (Å²) in [5.74, 6) is 0. The topological polar surface area (TPSA) is 16.4 Å². The molecule has 62 heavy (non-hydrogen) atoms. The summed E-state index contributed by atoms with van der Waals surface area (Å²) in [6.07, 6.45) is 0. The first-order valence-electron chi connectivity index (χ1n) is 21.7. The summed E-state index contributed by atoms with van der Waals surface area (Å²) in [4.78, 5) is 2.37. The molecular weight excluding hydrogens is 751 g/mol. The lowest BCUT2D eigenvalue weighted by Crippen LogP contribution is -2.14. The molecule has 0 saturated heterocycles. The maximum atomic E-state index is 6.34. The minimum absolute atomic E-state index is 0.0417. The maximum Gasteiger partial charge on any atom is 0.135 e. The van der Waals surface area contributed by atoms with Gasteiger partial charge in [0.15, 0.2) is 0 Å². The molecule has 0 amide bonds. The lowest BCUT2D eigenvalue weighted by molar-refractivity contribution is 0.647. The Balaban J connectivity index is 0.906. The first-order chi connectivity index (χ1) is 30.2. The molecule has 10 aromatic rings. The minimum atomic E-state index is -0.130. The highest BCUT2D eigenvalue weighted by molar-refractivity contribution is 6.08. The molecule has 9 aromatic carbocycles. The van der Waals surface area contributed by atoms with Crippen molar-refractivity contribution in [2.45, 2.75) is 38.5 Å². The summed E-state index contributed by atoms with van der Waals surface area (Å²) in [5, 5.41) is 2.33. The van der Waals surface area contributed by atoms with E-state index >= 15 is 0 Å². The third-order valence-electron chi connectivity index (χ3n) is 13.9. The number of fused-ring (bicyclic) bond motifs is 9. The molecule has 0 unspecified atom stereocenters. The Morgan fingerprint density at radius 1 is 0.306 bits per heavy atom. The highest BCUT2D eigenvalue weighted by atomic mass is 16.3. The van der Waals surface area contributed by atoms with E-state index in [1.165, 1.54) is 83.3 Å². The predicted molar refractivity (Wildman–Crippen MR) is 260 cm³/mol. The van der Waals surface area contributed by atoms with E-state index in [1.54, 1.807) is 0 Å². The standard InChI is InChI=1S/C60H45NO/c1-59(2)53-16-10-8-14-47(53)48-32-24-43(35-55(48)59)41-22-30-46(31-23-41)61(44-26-18-39(19-27-44)38-12-6-5-7-13-38)45-28-20-40(21-29-45)42-25-33-54-50(34-42)51-36-52-49-15-9-11-17-57(49)62-58(52)37-56(51)60(54,3)4/h5-37H,1-4H3. The van der Waals surface area contributed by atoms with Gasteiger partial charge in [0, 0.05) is 38.7 Å². The molecule has 1 heterocycles. The zero-order chi connectivity index (χ0) is 41.7. The lowest BCUT2D eigenvalue weighted by atomic mass is 9.81. The van der Waals surface area contributed by atoms with Crippen molar-refractivity contribution in [3.05, 3.63) is 222 Å². The number of furan rings is 1. The van der Waals surface area contributed by atoms with Gasteiger partial charge in [-0.15, -0.1) is 0 Å². The van der Waals surface area contributed by atoms with E-state index in [1.807, 2.05) is 6.07 Å². The lowest BCUT2D eigenvalue weighted by Gasteiger charge is -2.26. The Morgan fingerprint density at radius 2 is 0.774 bits per heavy atom. The molecule has 0 aliphatic heterocycles. The number of anilines is 3. The summed E-state index contributed by atoms with van der Waals surface area (Å²) in [6.45, 7) is 9.36. The van der Waals surface area contributed by atoms with E-state index in [-0.39, 0.29) is 10.8 Å². The van der Waals surface area contributed by atoms with Crippen LogP contribution in [0, 0.1) is 0 Å². The van der Waals surface area contributed by atoms with E-state index < -0.39 is 0 Å². The third kappa shape index (κ3) is 5.56. The zero-order valence-electron chi connectivity index (χ0n) is 35.4. The fraction of sp³-hybridized carbons (Fsp3) is 0.100. The van der Waals surface area contributed by atoms with Gasteiger partial charge >= 0.3 is 0 Å². The van der Waals surface area contributed by atoms with Crippen molar-refractivity contribution in [1.82, 2.24) is 0 Å². The smallest absolute Gasteiger partial charge is 0.135 e. The number of nitrogens with zero attached hydrogens (tertiary/aromatic N) is 1. The molecule has 0 radical (unpaired) electrons. The van der Waals surface area contributed by atoms with Crippen LogP contribution in [0.15, 0.2) is 205 Å². The first-order valence-corrected chi connectivity index (χ1v) is 21.7. The highest BCUT2D eigenvalue weighted by Gasteiger charge is 2.37. The molecule has 2 nitrogen and oxygen atoms in total. The Kier molecular flexibility index (Phi) is 7.96.